The van der Waals surface area contributed by atoms with Crippen LogP contribution in [-0.4, -0.2) is 40.1 Å². The van der Waals surface area contributed by atoms with Crippen molar-refractivity contribution in [2.45, 2.75) is 18.8 Å². The lowest BCUT2D eigenvalue weighted by molar-refractivity contribution is -0.384. The molecule has 140 valence electrons. The second kappa shape index (κ2) is 8.68. The van der Waals surface area contributed by atoms with E-state index in [4.69, 9.17) is 4.74 Å². The Morgan fingerprint density at radius 1 is 1.30 bits per heavy atom. The highest BCUT2D eigenvalue weighted by molar-refractivity contribution is 8.13. The molecule has 0 fully saturated rings. The summed E-state index contributed by atoms with van der Waals surface area (Å²) in [5.74, 6) is 0.986. The lowest BCUT2D eigenvalue weighted by atomic mass is 10.2. The van der Waals surface area contributed by atoms with E-state index in [2.05, 4.69) is 4.99 Å². The number of non-ortho nitro benzene ring substituents is 1. The number of carbonyl (C=O) groups is 1. The topological polar surface area (TPSA) is 85.0 Å². The van der Waals surface area contributed by atoms with Crippen LogP contribution in [0.25, 0.3) is 0 Å². The number of hydrogen-bond donors (Lipinski definition) is 0. The number of nitro benzene ring substituents is 1. The van der Waals surface area contributed by atoms with Gasteiger partial charge in [-0.3, -0.25) is 24.8 Å². The number of amides is 1. The Morgan fingerprint density at radius 3 is 2.81 bits per heavy atom. The summed E-state index contributed by atoms with van der Waals surface area (Å²) >= 11 is 1.39. The van der Waals surface area contributed by atoms with Crippen molar-refractivity contribution in [3.63, 3.8) is 0 Å². The Hall–Kier alpha value is -2.87. The number of nitro groups is 1. The molecule has 0 radical (unpaired) electrons. The third-order valence-corrected chi connectivity index (χ3v) is 5.05. The van der Waals surface area contributed by atoms with Crippen LogP contribution < -0.4 is 4.74 Å². The van der Waals surface area contributed by atoms with Crippen molar-refractivity contribution in [1.82, 2.24) is 4.90 Å². The number of para-hydroxylation sites is 1. The average Bonchev–Trinajstić information content (AvgIpc) is 3.15. The molecule has 0 aliphatic carbocycles. The largest absolute Gasteiger partial charge is 0.481 e. The predicted molar refractivity (Wildman–Crippen MR) is 105 cm³/mol. The van der Waals surface area contributed by atoms with Crippen LogP contribution in [0.4, 0.5) is 5.69 Å². The molecule has 0 unspecified atom stereocenters. The maximum atomic E-state index is 12.7. The minimum absolute atomic E-state index is 0.0549. The van der Waals surface area contributed by atoms with Gasteiger partial charge in [-0.15, -0.1) is 0 Å². The molecule has 8 heteroatoms. The van der Waals surface area contributed by atoms with Crippen molar-refractivity contribution >= 4 is 28.5 Å². The molecule has 2 aromatic carbocycles. The minimum Gasteiger partial charge on any atom is -0.481 e. The van der Waals surface area contributed by atoms with Crippen LogP contribution in [0.1, 0.15) is 12.5 Å². The van der Waals surface area contributed by atoms with E-state index in [1.54, 1.807) is 30.0 Å². The monoisotopic (exact) mass is 385 g/mol. The predicted octanol–water partition coefficient (Wildman–Crippen LogP) is 3.49. The maximum Gasteiger partial charge on any atom is 0.269 e. The lowest BCUT2D eigenvalue weighted by Crippen LogP contribution is -2.41. The van der Waals surface area contributed by atoms with Crippen molar-refractivity contribution in [1.29, 1.82) is 0 Å². The Morgan fingerprint density at radius 2 is 2.07 bits per heavy atom. The highest BCUT2D eigenvalue weighted by Gasteiger charge is 2.29. The van der Waals surface area contributed by atoms with E-state index in [0.29, 0.717) is 29.8 Å². The molecule has 1 aliphatic rings. The average molecular weight is 385 g/mol. The molecular formula is C19H19N3O4S. The van der Waals surface area contributed by atoms with Crippen molar-refractivity contribution in [2.75, 3.05) is 13.1 Å². The quantitative estimate of drug-likeness (QED) is 0.561. The van der Waals surface area contributed by atoms with E-state index >= 15 is 0 Å². The fraction of sp³-hybridized carbons (Fsp3) is 0.263. The summed E-state index contributed by atoms with van der Waals surface area (Å²) in [6.07, 6.45) is -0.630. The zero-order valence-corrected chi connectivity index (χ0v) is 15.6. The first-order valence-electron chi connectivity index (χ1n) is 8.48. The van der Waals surface area contributed by atoms with Crippen LogP contribution >= 0.6 is 11.8 Å². The summed E-state index contributed by atoms with van der Waals surface area (Å²) < 4.78 is 5.71. The van der Waals surface area contributed by atoms with Gasteiger partial charge in [0, 0.05) is 24.4 Å². The van der Waals surface area contributed by atoms with Gasteiger partial charge in [-0.05, 0) is 24.6 Å². The highest BCUT2D eigenvalue weighted by Crippen LogP contribution is 2.23. The Bertz CT molecular complexity index is 857. The van der Waals surface area contributed by atoms with E-state index in [0.717, 1.165) is 5.56 Å². The van der Waals surface area contributed by atoms with Crippen LogP contribution in [0.15, 0.2) is 59.6 Å². The van der Waals surface area contributed by atoms with E-state index in [1.165, 1.54) is 23.9 Å². The number of aliphatic imine (C=N–C) groups is 1. The van der Waals surface area contributed by atoms with Gasteiger partial charge < -0.3 is 4.74 Å². The van der Waals surface area contributed by atoms with E-state index in [9.17, 15) is 14.9 Å². The summed E-state index contributed by atoms with van der Waals surface area (Å²) in [6, 6.07) is 15.7. The Balaban J connectivity index is 1.60. The fourth-order valence-corrected chi connectivity index (χ4v) is 3.63. The summed E-state index contributed by atoms with van der Waals surface area (Å²) in [5.41, 5.74) is 0.865. The van der Waals surface area contributed by atoms with Gasteiger partial charge >= 0.3 is 0 Å². The molecule has 0 saturated carbocycles. The SMILES string of the molecule is C[C@H](Oc1ccccc1)C(=O)N1CCN=C1SCc1cccc([N+](=O)[O-])c1. The minimum atomic E-state index is -0.630. The summed E-state index contributed by atoms with van der Waals surface area (Å²) in [5, 5.41) is 11.5. The number of thioether (sulfide) groups is 1. The van der Waals surface area contributed by atoms with Gasteiger partial charge in [-0.2, -0.15) is 0 Å². The van der Waals surface area contributed by atoms with Crippen LogP contribution in [0.5, 0.6) is 5.75 Å². The molecule has 7 nitrogen and oxygen atoms in total. The number of benzene rings is 2. The first kappa shape index (κ1) is 18.9. The molecule has 0 bridgehead atoms. The van der Waals surface area contributed by atoms with Crippen molar-refractivity contribution in [3.05, 3.63) is 70.3 Å². The van der Waals surface area contributed by atoms with Crippen molar-refractivity contribution < 1.29 is 14.5 Å². The summed E-state index contributed by atoms with van der Waals surface area (Å²) in [4.78, 5) is 29.2. The number of carbonyl (C=O) groups excluding carboxylic acids is 1. The fourth-order valence-electron chi connectivity index (χ4n) is 2.64. The highest BCUT2D eigenvalue weighted by atomic mass is 32.2. The van der Waals surface area contributed by atoms with Gasteiger partial charge in [0.25, 0.3) is 11.6 Å². The van der Waals surface area contributed by atoms with Gasteiger partial charge in [0.1, 0.15) is 5.75 Å². The first-order valence-corrected chi connectivity index (χ1v) is 9.47. The normalized spacial score (nSPS) is 14.6. The third-order valence-electron chi connectivity index (χ3n) is 3.96. The van der Waals surface area contributed by atoms with Gasteiger partial charge in [-0.25, -0.2) is 0 Å². The van der Waals surface area contributed by atoms with E-state index in [1.807, 2.05) is 24.3 Å². The van der Waals surface area contributed by atoms with Crippen molar-refractivity contribution in [2.24, 2.45) is 4.99 Å². The van der Waals surface area contributed by atoms with Gasteiger partial charge in [0.2, 0.25) is 0 Å². The summed E-state index contributed by atoms with van der Waals surface area (Å²) in [6.45, 7) is 2.77. The Kier molecular flexibility index (Phi) is 6.08. The zero-order valence-electron chi connectivity index (χ0n) is 14.8. The molecule has 0 aromatic heterocycles. The molecule has 3 rings (SSSR count). The molecule has 1 aliphatic heterocycles. The molecule has 1 atom stereocenters. The van der Waals surface area contributed by atoms with Crippen molar-refractivity contribution in [3.8, 4) is 5.75 Å². The third kappa shape index (κ3) is 4.85. The lowest BCUT2D eigenvalue weighted by Gasteiger charge is -2.22. The summed E-state index contributed by atoms with van der Waals surface area (Å²) in [7, 11) is 0. The zero-order chi connectivity index (χ0) is 19.2. The van der Waals surface area contributed by atoms with Crippen LogP contribution in [0, 0.1) is 10.1 Å². The number of rotatable bonds is 6. The standard InChI is InChI=1S/C19H19N3O4S/c1-14(26-17-8-3-2-4-9-17)18(23)21-11-10-20-19(21)27-13-15-6-5-7-16(12-15)22(24)25/h2-9,12,14H,10-11,13H2,1H3/t14-/m0/s1. The van der Waals surface area contributed by atoms with Gasteiger partial charge in [0.15, 0.2) is 11.3 Å². The molecule has 0 N–H and O–H groups in total. The second-order valence-electron chi connectivity index (χ2n) is 5.94. The number of hydrogen-bond acceptors (Lipinski definition) is 6. The van der Waals surface area contributed by atoms with Crippen LogP contribution in [0.2, 0.25) is 0 Å². The number of amidine groups is 1. The molecule has 0 saturated heterocycles. The molecule has 0 spiro atoms. The van der Waals surface area contributed by atoms with E-state index in [-0.39, 0.29) is 11.6 Å². The number of ether oxygens (including phenoxy) is 1. The van der Waals surface area contributed by atoms with Crippen LogP contribution in [-0.2, 0) is 10.5 Å². The van der Waals surface area contributed by atoms with Crippen LogP contribution in [0.3, 0.4) is 0 Å². The Labute approximate surface area is 161 Å². The van der Waals surface area contributed by atoms with Gasteiger partial charge in [0.05, 0.1) is 11.5 Å². The molecule has 2 aromatic rings. The molecular weight excluding hydrogens is 366 g/mol. The maximum absolute atomic E-state index is 12.7. The molecule has 27 heavy (non-hydrogen) atoms. The smallest absolute Gasteiger partial charge is 0.269 e. The number of nitrogens with zero attached hydrogens (tertiary/aromatic N) is 3. The first-order chi connectivity index (χ1) is 13.0. The molecule has 1 amide bonds. The van der Waals surface area contributed by atoms with E-state index < -0.39 is 11.0 Å². The van der Waals surface area contributed by atoms with Gasteiger partial charge in [-0.1, -0.05) is 42.1 Å². The second-order valence-corrected chi connectivity index (χ2v) is 6.89. The molecule has 1 heterocycles.